The summed E-state index contributed by atoms with van der Waals surface area (Å²) in [7, 11) is 3.65. The highest BCUT2D eigenvalue weighted by Crippen LogP contribution is 2.35. The van der Waals surface area contributed by atoms with Crippen molar-refractivity contribution in [1.29, 1.82) is 0 Å². The molecule has 0 atom stereocenters. The van der Waals surface area contributed by atoms with Crippen LogP contribution in [0.5, 0.6) is 40.2 Å². The van der Waals surface area contributed by atoms with Gasteiger partial charge in [-0.05, 0) is 181 Å². The van der Waals surface area contributed by atoms with Gasteiger partial charge in [0.1, 0.15) is 45.9 Å². The first kappa shape index (κ1) is 61.1. The van der Waals surface area contributed by atoms with Crippen LogP contribution in [0, 0.1) is 6.92 Å². The lowest BCUT2D eigenvalue weighted by Crippen LogP contribution is -2.23. The fourth-order valence-electron chi connectivity index (χ4n) is 11.0. The number of fused-ring (bicyclic) bond motifs is 6. The van der Waals surface area contributed by atoms with Gasteiger partial charge in [-0.3, -0.25) is 34.3 Å². The Morgan fingerprint density at radius 1 is 0.400 bits per heavy atom. The van der Waals surface area contributed by atoms with Gasteiger partial charge in [0.15, 0.2) is 0 Å². The van der Waals surface area contributed by atoms with Gasteiger partial charge in [-0.1, -0.05) is 60.7 Å². The van der Waals surface area contributed by atoms with Crippen molar-refractivity contribution in [3.05, 3.63) is 307 Å². The second-order valence-corrected chi connectivity index (χ2v) is 22.3. The molecule has 15 rings (SSSR count). The van der Waals surface area contributed by atoms with Crippen molar-refractivity contribution < 1.29 is 33.3 Å². The van der Waals surface area contributed by atoms with Crippen molar-refractivity contribution >= 4 is 77.9 Å². The van der Waals surface area contributed by atoms with E-state index in [0.717, 1.165) is 88.2 Å². The number of carbonyl (C=O) groups is 3. The van der Waals surface area contributed by atoms with Gasteiger partial charge in [0.25, 0.3) is 17.7 Å². The molecule has 17 heteroatoms. The molecule has 8 aromatic carbocycles. The molecule has 0 saturated carbocycles. The summed E-state index contributed by atoms with van der Waals surface area (Å²) in [5.41, 5.74) is 10.9. The first-order chi connectivity index (χ1) is 46.5. The molecule has 0 fully saturated rings. The molecular formula is C78H62N10O7. The van der Waals surface area contributed by atoms with E-state index in [2.05, 4.69) is 63.6 Å². The highest BCUT2D eigenvalue weighted by atomic mass is 16.5. The Hall–Kier alpha value is -12.8. The summed E-state index contributed by atoms with van der Waals surface area (Å²) < 4.78 is 27.7. The van der Waals surface area contributed by atoms with Crippen LogP contribution >= 0.6 is 0 Å². The van der Waals surface area contributed by atoms with Crippen LogP contribution in [0.2, 0.25) is 0 Å². The molecule has 0 aliphatic heterocycles. The van der Waals surface area contributed by atoms with E-state index in [1.54, 1.807) is 62.4 Å². The third-order valence-corrected chi connectivity index (χ3v) is 16.0. The molecule has 466 valence electrons. The van der Waals surface area contributed by atoms with Gasteiger partial charge in [-0.15, -0.1) is 0 Å². The highest BCUT2D eigenvalue weighted by molar-refractivity contribution is 5.97. The average Bonchev–Trinajstić information content (AvgIpc) is 1.60. The molecule has 0 radical (unpaired) electrons. The number of rotatable bonds is 16. The van der Waals surface area contributed by atoms with Gasteiger partial charge in [0, 0.05) is 132 Å². The van der Waals surface area contributed by atoms with E-state index in [-0.39, 0.29) is 17.7 Å². The molecule has 0 unspecified atom stereocenters. The zero-order valence-electron chi connectivity index (χ0n) is 52.0. The number of aromatic nitrogens is 7. The van der Waals surface area contributed by atoms with Crippen LogP contribution in [0.15, 0.2) is 268 Å². The molecule has 7 aromatic heterocycles. The number of benzene rings is 8. The van der Waals surface area contributed by atoms with Crippen molar-refractivity contribution in [1.82, 2.24) is 49.8 Å². The number of amides is 3. The standard InChI is InChI=1S/C28H25N3O3.C26H19N3O2.C24H18N4O2/c1-18-22(28(32)30-17-19-7-10-25-20(15-19)12-14-31(25)2)5-4-6-26(18)34-27-11-13-29-24-16-21(33-3)8-9-23(24)27;30-26(29-17-18-10-11-23-19(15-18)6-4-13-27-23)20-5-3-7-21(16-20)31-25-12-14-28-24-9-2-1-8-22(24)25;29-24(27-16-17-9-12-28-13-11-26-23(28)14-17)18-4-3-5-19(15-18)30-22-8-10-25-21-7-2-1-6-20(21)22/h4-16H,17H2,1-3H3,(H,30,32);1-16H,17H2,(H,29,30);1-15H,16H2,(H,27,29). The number of methoxy groups -OCH3 is 1. The largest absolute Gasteiger partial charge is 0.497 e. The number of para-hydroxylation sites is 2. The minimum atomic E-state index is -0.164. The summed E-state index contributed by atoms with van der Waals surface area (Å²) in [6.45, 7) is 3.20. The normalized spacial score (nSPS) is 10.9. The third-order valence-electron chi connectivity index (χ3n) is 16.0. The lowest BCUT2D eigenvalue weighted by Gasteiger charge is -2.14. The van der Waals surface area contributed by atoms with Crippen LogP contribution in [0.3, 0.4) is 0 Å². The Balaban J connectivity index is 0.000000129. The van der Waals surface area contributed by atoms with Crippen LogP contribution in [0.25, 0.3) is 60.2 Å². The summed E-state index contributed by atoms with van der Waals surface area (Å²) in [5.74, 6) is 4.17. The maximum absolute atomic E-state index is 13.0. The summed E-state index contributed by atoms with van der Waals surface area (Å²) in [6.07, 6.45) is 14.5. The maximum atomic E-state index is 13.0. The number of ether oxygens (including phenoxy) is 4. The molecule has 0 aliphatic carbocycles. The zero-order valence-corrected chi connectivity index (χ0v) is 52.0. The number of pyridine rings is 5. The molecule has 0 saturated heterocycles. The first-order valence-corrected chi connectivity index (χ1v) is 30.6. The minimum Gasteiger partial charge on any atom is -0.497 e. The molecule has 17 nitrogen and oxygen atoms in total. The van der Waals surface area contributed by atoms with Gasteiger partial charge in [0.2, 0.25) is 0 Å². The van der Waals surface area contributed by atoms with Crippen LogP contribution in [0.1, 0.15) is 53.3 Å². The van der Waals surface area contributed by atoms with E-state index in [1.165, 1.54) is 0 Å². The third kappa shape index (κ3) is 14.4. The Kier molecular flexibility index (Phi) is 18.1. The molecule has 95 heavy (non-hydrogen) atoms. The molecule has 15 aromatic rings. The Bertz CT molecular complexity index is 5310. The second kappa shape index (κ2) is 28.2. The summed E-state index contributed by atoms with van der Waals surface area (Å²) in [5, 5.41) is 13.9. The predicted octanol–water partition coefficient (Wildman–Crippen LogP) is 15.9. The van der Waals surface area contributed by atoms with Gasteiger partial charge in [-0.2, -0.15) is 0 Å². The van der Waals surface area contributed by atoms with E-state index >= 15 is 0 Å². The molecule has 7 heterocycles. The van der Waals surface area contributed by atoms with E-state index in [4.69, 9.17) is 18.9 Å². The van der Waals surface area contributed by atoms with E-state index < -0.39 is 0 Å². The lowest BCUT2D eigenvalue weighted by atomic mass is 10.1. The monoisotopic (exact) mass is 1250 g/mol. The summed E-state index contributed by atoms with van der Waals surface area (Å²) in [4.78, 5) is 60.1. The van der Waals surface area contributed by atoms with Crippen molar-refractivity contribution in [3.8, 4) is 40.2 Å². The van der Waals surface area contributed by atoms with E-state index in [0.29, 0.717) is 70.8 Å². The van der Waals surface area contributed by atoms with Gasteiger partial charge >= 0.3 is 0 Å². The summed E-state index contributed by atoms with van der Waals surface area (Å²) >= 11 is 0. The highest BCUT2D eigenvalue weighted by Gasteiger charge is 2.17. The molecule has 0 aliphatic rings. The molecular weight excluding hydrogens is 1190 g/mol. The molecule has 3 amide bonds. The van der Waals surface area contributed by atoms with E-state index in [1.807, 2.05) is 213 Å². The van der Waals surface area contributed by atoms with Gasteiger partial charge in [0.05, 0.1) is 29.2 Å². The zero-order chi connectivity index (χ0) is 65.0. The van der Waals surface area contributed by atoms with Crippen molar-refractivity contribution in [2.45, 2.75) is 26.6 Å². The number of nitrogens with zero attached hydrogens (tertiary/aromatic N) is 7. The number of carbonyl (C=O) groups excluding carboxylic acids is 3. The maximum Gasteiger partial charge on any atom is 0.251 e. The lowest BCUT2D eigenvalue weighted by molar-refractivity contribution is 0.0942. The molecule has 3 N–H and O–H groups in total. The van der Waals surface area contributed by atoms with Crippen molar-refractivity contribution in [2.75, 3.05) is 7.11 Å². The SMILES string of the molecule is COc1ccc2c(Oc3cccc(C(=O)NCc4ccc5c(ccn5C)c4)c3C)ccnc2c1.O=C(NCc1ccc2ncccc2c1)c1cccc(Oc2ccnc3ccccc23)c1.O=C(NCc1ccn2ccnc2c1)c1cccc(Oc2ccnc3ccccc23)c1. The van der Waals surface area contributed by atoms with Gasteiger partial charge < -0.3 is 43.9 Å². The Morgan fingerprint density at radius 2 is 0.979 bits per heavy atom. The van der Waals surface area contributed by atoms with Crippen LogP contribution in [0.4, 0.5) is 0 Å². The number of hydrogen-bond acceptors (Lipinski definition) is 12. The minimum absolute atomic E-state index is 0.138. The number of nitrogens with one attached hydrogen (secondary N) is 3. The molecule has 0 spiro atoms. The van der Waals surface area contributed by atoms with Crippen LogP contribution in [-0.2, 0) is 26.7 Å². The number of hydrogen-bond donors (Lipinski definition) is 3. The van der Waals surface area contributed by atoms with Crippen LogP contribution < -0.4 is 34.9 Å². The smallest absolute Gasteiger partial charge is 0.251 e. The fraction of sp³-hybridized carbons (Fsp3) is 0.0769. The average molecular weight is 1250 g/mol. The first-order valence-electron chi connectivity index (χ1n) is 30.6. The van der Waals surface area contributed by atoms with Crippen molar-refractivity contribution in [3.63, 3.8) is 0 Å². The summed E-state index contributed by atoms with van der Waals surface area (Å²) in [6, 6.07) is 68.6. The van der Waals surface area contributed by atoms with E-state index in [9.17, 15) is 14.4 Å². The topological polar surface area (TPSA) is 198 Å². The quantitative estimate of drug-likeness (QED) is 0.0829. The molecule has 0 bridgehead atoms. The fourth-order valence-corrected chi connectivity index (χ4v) is 11.0. The van der Waals surface area contributed by atoms with Crippen molar-refractivity contribution in [2.24, 2.45) is 7.05 Å². The Morgan fingerprint density at radius 3 is 1.65 bits per heavy atom. The Labute approximate surface area is 546 Å². The van der Waals surface area contributed by atoms with Crippen LogP contribution in [-0.4, -0.2) is 58.7 Å². The number of aryl methyl sites for hydroxylation is 1. The number of imidazole rings is 1. The second-order valence-electron chi connectivity index (χ2n) is 22.3. The van der Waals surface area contributed by atoms with Gasteiger partial charge in [-0.25, -0.2) is 4.98 Å². The predicted molar refractivity (Wildman–Crippen MR) is 369 cm³/mol.